The Morgan fingerprint density at radius 2 is 2.17 bits per heavy atom. The fourth-order valence-corrected chi connectivity index (χ4v) is 1.64. The van der Waals surface area contributed by atoms with Gasteiger partial charge in [-0.05, 0) is 13.3 Å². The second-order valence-corrected chi connectivity index (χ2v) is 4.28. The molecule has 1 N–H and O–H groups in total. The summed E-state index contributed by atoms with van der Waals surface area (Å²) >= 11 is 0. The lowest BCUT2D eigenvalue weighted by Crippen LogP contribution is -2.12. The first kappa shape index (κ1) is 15.0. The third kappa shape index (κ3) is 5.51. The zero-order valence-corrected chi connectivity index (χ0v) is 11.7. The van der Waals surface area contributed by atoms with Gasteiger partial charge >= 0.3 is 0 Å². The van der Waals surface area contributed by atoms with Crippen molar-refractivity contribution >= 4 is 5.95 Å². The van der Waals surface area contributed by atoms with Gasteiger partial charge in [-0.3, -0.25) is 0 Å². The lowest BCUT2D eigenvalue weighted by Gasteiger charge is -2.09. The monoisotopic (exact) mass is 255 g/mol. The van der Waals surface area contributed by atoms with E-state index in [2.05, 4.69) is 21.8 Å². The van der Waals surface area contributed by atoms with Gasteiger partial charge in [0.15, 0.2) is 0 Å². The molecule has 0 saturated carbocycles. The van der Waals surface area contributed by atoms with Crippen LogP contribution >= 0.6 is 0 Å². The largest absolute Gasteiger partial charge is 0.382 e. The number of nitrogens with one attached hydrogen (secondary N) is 1. The van der Waals surface area contributed by atoms with Crippen molar-refractivity contribution in [3.63, 3.8) is 0 Å². The van der Waals surface area contributed by atoms with Crippen molar-refractivity contribution in [2.75, 3.05) is 38.8 Å². The highest BCUT2D eigenvalue weighted by Gasteiger charge is 2.04. The molecule has 1 aromatic rings. The number of rotatable bonds is 10. The van der Waals surface area contributed by atoms with Gasteiger partial charge < -0.3 is 19.4 Å². The molecular weight excluding hydrogens is 230 g/mol. The highest BCUT2D eigenvalue weighted by atomic mass is 16.5. The van der Waals surface area contributed by atoms with Gasteiger partial charge in [-0.1, -0.05) is 13.3 Å². The Morgan fingerprint density at radius 3 is 2.89 bits per heavy atom. The maximum Gasteiger partial charge on any atom is 0.203 e. The second-order valence-electron chi connectivity index (χ2n) is 4.28. The normalized spacial score (nSPS) is 10.8. The molecule has 0 aromatic carbocycles. The Kier molecular flexibility index (Phi) is 7.44. The summed E-state index contributed by atoms with van der Waals surface area (Å²) in [6.45, 7) is 7.95. The van der Waals surface area contributed by atoms with Crippen LogP contribution < -0.4 is 5.32 Å². The summed E-state index contributed by atoms with van der Waals surface area (Å²) in [5.41, 5.74) is 1.03. The van der Waals surface area contributed by atoms with Crippen LogP contribution in [0, 0.1) is 6.92 Å². The molecule has 104 valence electrons. The summed E-state index contributed by atoms with van der Waals surface area (Å²) < 4.78 is 12.5. The molecule has 18 heavy (non-hydrogen) atoms. The quantitative estimate of drug-likeness (QED) is 0.650. The summed E-state index contributed by atoms with van der Waals surface area (Å²) in [5, 5.41) is 3.36. The number of aryl methyl sites for hydroxylation is 1. The molecule has 1 aromatic heterocycles. The molecule has 5 heteroatoms. The summed E-state index contributed by atoms with van der Waals surface area (Å²) in [6, 6.07) is 0. The molecule has 1 rings (SSSR count). The zero-order chi connectivity index (χ0) is 13.2. The maximum atomic E-state index is 5.47. The van der Waals surface area contributed by atoms with Gasteiger partial charge in [0.2, 0.25) is 5.95 Å². The van der Waals surface area contributed by atoms with E-state index in [0.717, 1.165) is 31.2 Å². The highest BCUT2D eigenvalue weighted by Crippen LogP contribution is 2.08. The van der Waals surface area contributed by atoms with E-state index >= 15 is 0 Å². The molecule has 0 spiro atoms. The minimum atomic E-state index is 0.642. The lowest BCUT2D eigenvalue weighted by atomic mass is 10.3. The first-order valence-corrected chi connectivity index (χ1v) is 6.62. The van der Waals surface area contributed by atoms with Crippen molar-refractivity contribution in [3.8, 4) is 0 Å². The number of hydrogen-bond acceptors (Lipinski definition) is 4. The Balaban J connectivity index is 2.33. The topological polar surface area (TPSA) is 48.3 Å². The van der Waals surface area contributed by atoms with Crippen LogP contribution in [0.5, 0.6) is 0 Å². The summed E-state index contributed by atoms with van der Waals surface area (Å²) in [6.07, 6.45) is 4.40. The van der Waals surface area contributed by atoms with E-state index < -0.39 is 0 Å². The van der Waals surface area contributed by atoms with Gasteiger partial charge in [0.25, 0.3) is 0 Å². The zero-order valence-electron chi connectivity index (χ0n) is 11.7. The predicted molar refractivity (Wildman–Crippen MR) is 73.1 cm³/mol. The van der Waals surface area contributed by atoms with Crippen molar-refractivity contribution in [2.45, 2.75) is 33.2 Å². The number of imidazole rings is 1. The van der Waals surface area contributed by atoms with E-state index in [9.17, 15) is 0 Å². The van der Waals surface area contributed by atoms with Crippen LogP contribution in [0.15, 0.2) is 6.20 Å². The van der Waals surface area contributed by atoms with Crippen LogP contribution in [0.25, 0.3) is 0 Å². The van der Waals surface area contributed by atoms with Gasteiger partial charge in [-0.15, -0.1) is 0 Å². The van der Waals surface area contributed by atoms with Crippen LogP contribution in [0.1, 0.15) is 25.5 Å². The van der Waals surface area contributed by atoms with Gasteiger partial charge in [-0.2, -0.15) is 0 Å². The molecule has 1 heterocycles. The molecule has 0 fully saturated rings. The number of anilines is 1. The first-order valence-electron chi connectivity index (χ1n) is 6.62. The summed E-state index contributed by atoms with van der Waals surface area (Å²) in [5.74, 6) is 0.941. The third-order valence-electron chi connectivity index (χ3n) is 2.62. The minimum Gasteiger partial charge on any atom is -0.382 e. The van der Waals surface area contributed by atoms with E-state index in [1.54, 1.807) is 7.11 Å². The van der Waals surface area contributed by atoms with E-state index in [-0.39, 0.29) is 0 Å². The average molecular weight is 255 g/mol. The third-order valence-corrected chi connectivity index (χ3v) is 2.62. The summed E-state index contributed by atoms with van der Waals surface area (Å²) in [7, 11) is 1.68. The summed E-state index contributed by atoms with van der Waals surface area (Å²) in [4.78, 5) is 4.47. The van der Waals surface area contributed by atoms with Crippen molar-refractivity contribution in [1.82, 2.24) is 9.55 Å². The molecule has 0 atom stereocenters. The Hall–Kier alpha value is -1.07. The van der Waals surface area contributed by atoms with Crippen molar-refractivity contribution in [1.29, 1.82) is 0 Å². The fraction of sp³-hybridized carbons (Fsp3) is 0.769. The van der Waals surface area contributed by atoms with Crippen molar-refractivity contribution in [2.24, 2.45) is 0 Å². The van der Waals surface area contributed by atoms with Crippen LogP contribution in [-0.2, 0) is 16.0 Å². The van der Waals surface area contributed by atoms with Crippen LogP contribution in [0.4, 0.5) is 5.95 Å². The smallest absolute Gasteiger partial charge is 0.203 e. The molecule has 0 aliphatic rings. The average Bonchev–Trinajstić information content (AvgIpc) is 2.70. The van der Waals surface area contributed by atoms with E-state index in [1.165, 1.54) is 6.42 Å². The van der Waals surface area contributed by atoms with E-state index in [0.29, 0.717) is 19.8 Å². The Bertz CT molecular complexity index is 326. The number of ether oxygens (including phenoxy) is 2. The first-order chi connectivity index (χ1) is 8.77. The van der Waals surface area contributed by atoms with Gasteiger partial charge in [-0.25, -0.2) is 4.98 Å². The highest BCUT2D eigenvalue weighted by molar-refractivity contribution is 5.28. The predicted octanol–water partition coefficient (Wildman–Crippen LogP) is 2.07. The van der Waals surface area contributed by atoms with Gasteiger partial charge in [0.1, 0.15) is 0 Å². The number of methoxy groups -OCH3 is 1. The standard InChI is InChI=1S/C13H25N3O2/c1-4-5-6-14-13-15-12(2)11-16(13)7-8-18-10-9-17-3/h11H,4-10H2,1-3H3,(H,14,15). The number of nitrogens with zero attached hydrogens (tertiary/aromatic N) is 2. The molecule has 0 unspecified atom stereocenters. The molecule has 5 nitrogen and oxygen atoms in total. The van der Waals surface area contributed by atoms with Crippen molar-refractivity contribution < 1.29 is 9.47 Å². The molecule has 0 radical (unpaired) electrons. The molecule has 0 saturated heterocycles. The Morgan fingerprint density at radius 1 is 1.33 bits per heavy atom. The van der Waals surface area contributed by atoms with Gasteiger partial charge in [0, 0.05) is 26.4 Å². The molecular formula is C13H25N3O2. The van der Waals surface area contributed by atoms with Crippen LogP contribution in [-0.4, -0.2) is 43.0 Å². The fourth-order valence-electron chi connectivity index (χ4n) is 1.64. The van der Waals surface area contributed by atoms with E-state index in [4.69, 9.17) is 9.47 Å². The lowest BCUT2D eigenvalue weighted by molar-refractivity contribution is 0.0668. The second kappa shape index (κ2) is 8.94. The van der Waals surface area contributed by atoms with E-state index in [1.807, 2.05) is 13.1 Å². The van der Waals surface area contributed by atoms with Crippen LogP contribution in [0.3, 0.4) is 0 Å². The van der Waals surface area contributed by atoms with Crippen LogP contribution in [0.2, 0.25) is 0 Å². The molecule has 0 aliphatic heterocycles. The molecule has 0 amide bonds. The van der Waals surface area contributed by atoms with Crippen molar-refractivity contribution in [3.05, 3.63) is 11.9 Å². The molecule has 0 bridgehead atoms. The maximum absolute atomic E-state index is 5.47. The number of unbranched alkanes of at least 4 members (excludes halogenated alkanes) is 1. The number of hydrogen-bond donors (Lipinski definition) is 1. The minimum absolute atomic E-state index is 0.642. The Labute approximate surface area is 109 Å². The SMILES string of the molecule is CCCCNc1nc(C)cn1CCOCCOC. The molecule has 0 aliphatic carbocycles. The number of aromatic nitrogens is 2. The van der Waals surface area contributed by atoms with Gasteiger partial charge in [0.05, 0.1) is 25.5 Å².